The van der Waals surface area contributed by atoms with Crippen molar-refractivity contribution in [2.24, 2.45) is 5.92 Å². The van der Waals surface area contributed by atoms with Crippen LogP contribution >= 0.6 is 0 Å². The molecule has 32 heavy (non-hydrogen) atoms. The van der Waals surface area contributed by atoms with Gasteiger partial charge >= 0.3 is 0 Å². The Labute approximate surface area is 188 Å². The largest absolute Gasteiger partial charge is 0.492 e. The third-order valence-corrected chi connectivity index (χ3v) is 7.57. The lowest BCUT2D eigenvalue weighted by Gasteiger charge is -2.41. The molecule has 5 rings (SSSR count). The van der Waals surface area contributed by atoms with Gasteiger partial charge in [-0.2, -0.15) is 0 Å². The molecule has 3 heterocycles. The predicted molar refractivity (Wildman–Crippen MR) is 117 cm³/mol. The molecule has 1 aliphatic carbocycles. The van der Waals surface area contributed by atoms with E-state index in [0.717, 1.165) is 49.2 Å². The highest BCUT2D eigenvalue weighted by atomic mass is 16.5. The highest BCUT2D eigenvalue weighted by Gasteiger charge is 2.40. The number of fused-ring (bicyclic) bond motifs is 1. The van der Waals surface area contributed by atoms with E-state index in [1.807, 2.05) is 18.2 Å². The fourth-order valence-corrected chi connectivity index (χ4v) is 5.66. The molecule has 3 aliphatic heterocycles. The van der Waals surface area contributed by atoms with Gasteiger partial charge in [0.15, 0.2) is 0 Å². The van der Waals surface area contributed by atoms with Crippen LogP contribution in [0.3, 0.4) is 0 Å². The quantitative estimate of drug-likeness (QED) is 0.570. The molecule has 2 amide bonds. The second-order valence-electron chi connectivity index (χ2n) is 9.82. The van der Waals surface area contributed by atoms with Crippen LogP contribution < -0.4 is 10.1 Å². The SMILES string of the molecule is O=C1CCC(N2Cc3cc(OC[C@H]4CCCCN4CC4CC(O)C4)ccc3C2O)C(=O)N1. The number of carbonyl (C=O) groups is 2. The molecule has 3 atom stereocenters. The number of carbonyl (C=O) groups excluding carboxylic acids is 2. The van der Waals surface area contributed by atoms with Gasteiger partial charge in [0.1, 0.15) is 18.6 Å². The van der Waals surface area contributed by atoms with Crippen LogP contribution in [0.1, 0.15) is 62.3 Å². The Morgan fingerprint density at radius 3 is 2.75 bits per heavy atom. The lowest BCUT2D eigenvalue weighted by Crippen LogP contribution is -2.51. The van der Waals surface area contributed by atoms with E-state index >= 15 is 0 Å². The summed E-state index contributed by atoms with van der Waals surface area (Å²) in [6, 6.07) is 5.64. The Hall–Kier alpha value is -2.00. The number of nitrogens with zero attached hydrogens (tertiary/aromatic N) is 2. The third-order valence-electron chi connectivity index (χ3n) is 7.57. The normalized spacial score (nSPS) is 33.5. The molecule has 0 radical (unpaired) electrons. The Balaban J connectivity index is 1.20. The molecule has 1 aromatic carbocycles. The third kappa shape index (κ3) is 4.41. The zero-order valence-electron chi connectivity index (χ0n) is 18.4. The van der Waals surface area contributed by atoms with E-state index in [1.165, 1.54) is 12.8 Å². The van der Waals surface area contributed by atoms with Crippen LogP contribution in [0.4, 0.5) is 0 Å². The first-order valence-corrected chi connectivity index (χ1v) is 11.9. The smallest absolute Gasteiger partial charge is 0.244 e. The maximum Gasteiger partial charge on any atom is 0.244 e. The fraction of sp³-hybridized carbons (Fsp3) is 0.667. The van der Waals surface area contributed by atoms with Gasteiger partial charge in [0.05, 0.1) is 12.1 Å². The predicted octanol–water partition coefficient (Wildman–Crippen LogP) is 1.30. The number of aliphatic hydroxyl groups excluding tert-OH is 2. The van der Waals surface area contributed by atoms with Crippen molar-refractivity contribution < 1.29 is 24.5 Å². The Morgan fingerprint density at radius 2 is 1.97 bits per heavy atom. The van der Waals surface area contributed by atoms with Gasteiger partial charge < -0.3 is 14.9 Å². The fourth-order valence-electron chi connectivity index (χ4n) is 5.66. The molecule has 2 unspecified atom stereocenters. The summed E-state index contributed by atoms with van der Waals surface area (Å²) in [5.41, 5.74) is 1.76. The summed E-state index contributed by atoms with van der Waals surface area (Å²) in [7, 11) is 0. The maximum absolute atomic E-state index is 12.3. The van der Waals surface area contributed by atoms with Crippen molar-refractivity contribution in [2.45, 2.75) is 75.9 Å². The van der Waals surface area contributed by atoms with E-state index in [1.54, 1.807) is 4.90 Å². The van der Waals surface area contributed by atoms with E-state index in [2.05, 4.69) is 10.2 Å². The average Bonchev–Trinajstić information content (AvgIpc) is 3.07. The number of piperidine rings is 2. The number of benzene rings is 1. The number of rotatable bonds is 6. The first-order chi connectivity index (χ1) is 15.5. The van der Waals surface area contributed by atoms with Crippen molar-refractivity contribution >= 4 is 11.8 Å². The second kappa shape index (κ2) is 9.09. The summed E-state index contributed by atoms with van der Waals surface area (Å²) < 4.78 is 6.19. The highest BCUT2D eigenvalue weighted by molar-refractivity contribution is 6.00. The lowest BCUT2D eigenvalue weighted by atomic mass is 9.81. The first-order valence-electron chi connectivity index (χ1n) is 11.9. The van der Waals surface area contributed by atoms with Crippen LogP contribution in [0, 0.1) is 5.92 Å². The van der Waals surface area contributed by atoms with E-state index in [9.17, 15) is 19.8 Å². The molecule has 4 aliphatic rings. The molecule has 2 saturated heterocycles. The molecular formula is C24H33N3O5. The zero-order valence-corrected chi connectivity index (χ0v) is 18.4. The van der Waals surface area contributed by atoms with Gasteiger partial charge in [0.2, 0.25) is 11.8 Å². The summed E-state index contributed by atoms with van der Waals surface area (Å²) in [6.07, 6.45) is 5.16. The summed E-state index contributed by atoms with van der Waals surface area (Å²) in [5, 5.41) is 22.7. The van der Waals surface area contributed by atoms with E-state index in [0.29, 0.717) is 38.0 Å². The van der Waals surface area contributed by atoms with Crippen LogP contribution in [0.2, 0.25) is 0 Å². The molecule has 0 aromatic heterocycles. The second-order valence-corrected chi connectivity index (χ2v) is 9.82. The lowest BCUT2D eigenvalue weighted by molar-refractivity contribution is -0.141. The van der Waals surface area contributed by atoms with Crippen molar-refractivity contribution in [1.82, 2.24) is 15.1 Å². The maximum atomic E-state index is 12.3. The van der Waals surface area contributed by atoms with Gasteiger partial charge in [-0.15, -0.1) is 0 Å². The van der Waals surface area contributed by atoms with E-state index < -0.39 is 12.3 Å². The van der Waals surface area contributed by atoms with Crippen molar-refractivity contribution in [3.63, 3.8) is 0 Å². The molecule has 0 spiro atoms. The Morgan fingerprint density at radius 1 is 1.12 bits per heavy atom. The van der Waals surface area contributed by atoms with Gasteiger partial charge in [-0.1, -0.05) is 12.5 Å². The van der Waals surface area contributed by atoms with Crippen LogP contribution in [0.5, 0.6) is 5.75 Å². The topological polar surface area (TPSA) is 102 Å². The van der Waals surface area contributed by atoms with Crippen LogP contribution in [-0.4, -0.2) is 69.7 Å². The van der Waals surface area contributed by atoms with Crippen molar-refractivity contribution in [3.05, 3.63) is 29.3 Å². The number of hydrogen-bond donors (Lipinski definition) is 3. The van der Waals surface area contributed by atoms with Crippen LogP contribution in [0.25, 0.3) is 0 Å². The van der Waals surface area contributed by atoms with Gasteiger partial charge in [-0.3, -0.25) is 24.7 Å². The molecule has 3 N–H and O–H groups in total. The number of imide groups is 1. The zero-order chi connectivity index (χ0) is 22.2. The number of nitrogens with one attached hydrogen (secondary N) is 1. The first kappa shape index (κ1) is 21.8. The molecule has 8 heteroatoms. The Bertz CT molecular complexity index is 871. The Kier molecular flexibility index (Phi) is 6.20. The van der Waals surface area contributed by atoms with Gasteiger partial charge in [-0.05, 0) is 62.3 Å². The van der Waals surface area contributed by atoms with Crippen molar-refractivity contribution in [2.75, 3.05) is 19.7 Å². The summed E-state index contributed by atoms with van der Waals surface area (Å²) in [6.45, 7) is 3.23. The van der Waals surface area contributed by atoms with Crippen molar-refractivity contribution in [3.8, 4) is 5.75 Å². The van der Waals surface area contributed by atoms with Crippen LogP contribution in [0.15, 0.2) is 18.2 Å². The minimum Gasteiger partial charge on any atom is -0.492 e. The van der Waals surface area contributed by atoms with Crippen molar-refractivity contribution in [1.29, 1.82) is 0 Å². The van der Waals surface area contributed by atoms with Gasteiger partial charge in [0, 0.05) is 31.1 Å². The number of ether oxygens (including phenoxy) is 1. The standard InChI is InChI=1S/C24H33N3O5/c28-18-9-15(10-18)12-26-8-2-1-3-17(26)14-32-19-4-5-20-16(11-19)13-27(24(20)31)21-6-7-22(29)25-23(21)30/h4-5,11,15,17-18,21,24,28,31H,1-3,6-10,12-14H2,(H,25,29,30)/t15?,17-,18?,21?,24?/m1/s1. The average molecular weight is 444 g/mol. The number of amides is 2. The molecule has 8 nitrogen and oxygen atoms in total. The molecule has 0 bridgehead atoms. The highest BCUT2D eigenvalue weighted by Crippen LogP contribution is 2.37. The molecule has 1 saturated carbocycles. The number of likely N-dealkylation sites (tertiary alicyclic amines) is 1. The van der Waals surface area contributed by atoms with Gasteiger partial charge in [0.25, 0.3) is 0 Å². The minimum absolute atomic E-state index is 0.110. The molecular weight excluding hydrogens is 410 g/mol. The molecule has 174 valence electrons. The summed E-state index contributed by atoms with van der Waals surface area (Å²) in [5.74, 6) is 0.801. The van der Waals surface area contributed by atoms with Gasteiger partial charge in [-0.25, -0.2) is 0 Å². The molecule has 3 fully saturated rings. The van der Waals surface area contributed by atoms with Crippen LogP contribution in [-0.2, 0) is 16.1 Å². The number of aliphatic hydroxyl groups is 2. The minimum atomic E-state index is -0.852. The number of hydrogen-bond acceptors (Lipinski definition) is 7. The van der Waals surface area contributed by atoms with E-state index in [4.69, 9.17) is 4.74 Å². The summed E-state index contributed by atoms with van der Waals surface area (Å²) >= 11 is 0. The monoisotopic (exact) mass is 443 g/mol. The summed E-state index contributed by atoms with van der Waals surface area (Å²) in [4.78, 5) is 28.0. The van der Waals surface area contributed by atoms with E-state index in [-0.39, 0.29) is 17.9 Å². The molecule has 1 aromatic rings.